The maximum absolute atomic E-state index is 12.1. The predicted molar refractivity (Wildman–Crippen MR) is 73.7 cm³/mol. The number of hydrogen-bond donors (Lipinski definition) is 2. The lowest BCUT2D eigenvalue weighted by molar-refractivity contribution is -0.137. The molecule has 0 aromatic carbocycles. The molecule has 1 aliphatic heterocycles. The third-order valence-electron chi connectivity index (χ3n) is 3.40. The summed E-state index contributed by atoms with van der Waals surface area (Å²) in [5.41, 5.74) is 0. The first kappa shape index (κ1) is 15.9. The normalized spacial score (nSPS) is 16.1. The van der Waals surface area contributed by atoms with Gasteiger partial charge in [-0.1, -0.05) is 0 Å². The van der Waals surface area contributed by atoms with E-state index in [1.165, 1.54) is 7.05 Å². The summed E-state index contributed by atoms with van der Waals surface area (Å²) in [5.74, 6) is 0.411. The highest BCUT2D eigenvalue weighted by atomic mass is 32.2. The fourth-order valence-corrected chi connectivity index (χ4v) is 3.30. The number of nitrogens with one attached hydrogen (secondary N) is 1. The molecule has 0 bridgehead atoms. The van der Waals surface area contributed by atoms with Crippen molar-refractivity contribution in [3.05, 3.63) is 11.6 Å². The van der Waals surface area contributed by atoms with Gasteiger partial charge in [0.05, 0.1) is 12.5 Å². The average Bonchev–Trinajstić information content (AvgIpc) is 2.96. The quantitative estimate of drug-likeness (QED) is 0.702. The third kappa shape index (κ3) is 3.57. The lowest BCUT2D eigenvalue weighted by Crippen LogP contribution is -2.41. The highest BCUT2D eigenvalue weighted by Gasteiger charge is 2.26. The van der Waals surface area contributed by atoms with Gasteiger partial charge in [0.1, 0.15) is 5.82 Å². The van der Waals surface area contributed by atoms with Crippen LogP contribution < -0.4 is 4.72 Å². The Bertz CT molecular complexity index is 627. The van der Waals surface area contributed by atoms with Gasteiger partial charge in [-0.2, -0.15) is 17.4 Å². The molecule has 10 heteroatoms. The Morgan fingerprint density at radius 2 is 2.24 bits per heavy atom. The lowest BCUT2D eigenvalue weighted by atomic mass is 10.3. The lowest BCUT2D eigenvalue weighted by Gasteiger charge is -2.20. The molecular formula is C11H19N5O4S. The molecule has 9 nitrogen and oxygen atoms in total. The Morgan fingerprint density at radius 3 is 2.90 bits per heavy atom. The number of fused-ring (bicyclic) bond motifs is 1. The highest BCUT2D eigenvalue weighted by molar-refractivity contribution is 7.87. The second-order valence-electron chi connectivity index (χ2n) is 5.04. The van der Waals surface area contributed by atoms with E-state index in [0.717, 1.165) is 29.5 Å². The molecule has 0 saturated carbocycles. The van der Waals surface area contributed by atoms with E-state index in [2.05, 4.69) is 14.9 Å². The Morgan fingerprint density at radius 1 is 1.52 bits per heavy atom. The molecule has 0 spiro atoms. The summed E-state index contributed by atoms with van der Waals surface area (Å²) < 4.78 is 29.6. The summed E-state index contributed by atoms with van der Waals surface area (Å²) in [6, 6.07) is -0.526. The van der Waals surface area contributed by atoms with Gasteiger partial charge in [-0.25, -0.2) is 0 Å². The average molecular weight is 317 g/mol. The number of rotatable bonds is 7. The van der Waals surface area contributed by atoms with Gasteiger partial charge in [0.2, 0.25) is 0 Å². The number of nitrogens with zero attached hydrogens (tertiary/aromatic N) is 4. The van der Waals surface area contributed by atoms with E-state index in [4.69, 9.17) is 5.11 Å². The van der Waals surface area contributed by atoms with Crippen LogP contribution in [0.3, 0.4) is 0 Å². The molecule has 0 saturated heterocycles. The fourth-order valence-electron chi connectivity index (χ4n) is 2.23. The van der Waals surface area contributed by atoms with Gasteiger partial charge in [-0.15, -0.1) is 10.2 Å². The Hall–Kier alpha value is -1.52. The molecule has 1 aromatic rings. The highest BCUT2D eigenvalue weighted by Crippen LogP contribution is 2.19. The molecule has 2 heterocycles. The van der Waals surface area contributed by atoms with Crippen molar-refractivity contribution < 1.29 is 18.3 Å². The number of aromatic nitrogens is 3. The molecular weight excluding hydrogens is 298 g/mol. The van der Waals surface area contributed by atoms with Crippen LogP contribution in [0.2, 0.25) is 0 Å². The van der Waals surface area contributed by atoms with Crippen LogP contribution in [0.15, 0.2) is 0 Å². The second-order valence-corrected chi connectivity index (χ2v) is 6.85. The standard InChI is InChI=1S/C11H19N5O4S/c1-8(11-13-12-9-4-3-6-16(9)11)14-21(19,20)15(2)7-5-10(17)18/h8,14H,3-7H2,1-2H3,(H,17,18). The van der Waals surface area contributed by atoms with Crippen LogP contribution in [0.25, 0.3) is 0 Å². The van der Waals surface area contributed by atoms with Gasteiger partial charge in [0.15, 0.2) is 5.82 Å². The maximum Gasteiger partial charge on any atom is 0.304 e. The van der Waals surface area contributed by atoms with Crippen molar-refractivity contribution in [2.75, 3.05) is 13.6 Å². The molecule has 1 aliphatic rings. The number of aliphatic carboxylic acids is 1. The topological polar surface area (TPSA) is 117 Å². The smallest absolute Gasteiger partial charge is 0.304 e. The number of carboxylic acids is 1. The molecule has 0 radical (unpaired) electrons. The molecule has 118 valence electrons. The van der Waals surface area contributed by atoms with Crippen LogP contribution in [0.1, 0.15) is 37.5 Å². The van der Waals surface area contributed by atoms with Crippen LogP contribution in [0, 0.1) is 0 Å². The van der Waals surface area contributed by atoms with Crippen LogP contribution in [-0.4, -0.2) is 52.2 Å². The Balaban J connectivity index is 2.03. The van der Waals surface area contributed by atoms with E-state index in [1.54, 1.807) is 6.92 Å². The number of carboxylic acid groups (broad SMARTS) is 1. The first-order valence-electron chi connectivity index (χ1n) is 6.68. The van der Waals surface area contributed by atoms with Gasteiger partial charge in [-0.05, 0) is 13.3 Å². The number of carbonyl (C=O) groups is 1. The Kier molecular flexibility index (Phi) is 4.59. The van der Waals surface area contributed by atoms with E-state index in [9.17, 15) is 13.2 Å². The molecule has 1 atom stereocenters. The summed E-state index contributed by atoms with van der Waals surface area (Å²) in [5, 5.41) is 16.7. The summed E-state index contributed by atoms with van der Waals surface area (Å²) in [7, 11) is -2.42. The zero-order valence-electron chi connectivity index (χ0n) is 12.0. The second kappa shape index (κ2) is 6.08. The van der Waals surface area contributed by atoms with E-state index < -0.39 is 22.2 Å². The zero-order chi connectivity index (χ0) is 15.6. The minimum absolute atomic E-state index is 0.0880. The number of hydrogen-bond acceptors (Lipinski definition) is 5. The van der Waals surface area contributed by atoms with Gasteiger partial charge >= 0.3 is 5.97 Å². The first-order valence-corrected chi connectivity index (χ1v) is 8.12. The summed E-state index contributed by atoms with van der Waals surface area (Å²) in [6.45, 7) is 2.39. The van der Waals surface area contributed by atoms with Crippen molar-refractivity contribution >= 4 is 16.2 Å². The predicted octanol–water partition coefficient (Wildman–Crippen LogP) is -0.474. The van der Waals surface area contributed by atoms with Crippen LogP contribution >= 0.6 is 0 Å². The van der Waals surface area contributed by atoms with E-state index in [0.29, 0.717) is 5.82 Å². The van der Waals surface area contributed by atoms with Crippen molar-refractivity contribution in [3.63, 3.8) is 0 Å². The first-order chi connectivity index (χ1) is 9.81. The summed E-state index contributed by atoms with van der Waals surface area (Å²) in [4.78, 5) is 10.5. The van der Waals surface area contributed by atoms with Crippen LogP contribution in [0.4, 0.5) is 0 Å². The molecule has 2 N–H and O–H groups in total. The molecule has 0 fully saturated rings. The van der Waals surface area contributed by atoms with E-state index in [-0.39, 0.29) is 13.0 Å². The fraction of sp³-hybridized carbons (Fsp3) is 0.727. The van der Waals surface area contributed by atoms with E-state index in [1.807, 2.05) is 4.57 Å². The Labute approximate surface area is 123 Å². The van der Waals surface area contributed by atoms with Gasteiger partial charge < -0.3 is 9.67 Å². The van der Waals surface area contributed by atoms with Gasteiger partial charge in [-0.3, -0.25) is 4.79 Å². The minimum Gasteiger partial charge on any atom is -0.481 e. The third-order valence-corrected chi connectivity index (χ3v) is 5.06. The van der Waals surface area contributed by atoms with Crippen LogP contribution in [-0.2, 0) is 28.0 Å². The summed E-state index contributed by atoms with van der Waals surface area (Å²) >= 11 is 0. The monoisotopic (exact) mass is 317 g/mol. The van der Waals surface area contributed by atoms with Gasteiger partial charge in [0.25, 0.3) is 10.2 Å². The molecule has 0 amide bonds. The van der Waals surface area contributed by atoms with Crippen molar-refractivity contribution in [2.24, 2.45) is 0 Å². The largest absolute Gasteiger partial charge is 0.481 e. The minimum atomic E-state index is -3.76. The van der Waals surface area contributed by atoms with Crippen LogP contribution in [0.5, 0.6) is 0 Å². The SMILES string of the molecule is CC(NS(=O)(=O)N(C)CCC(=O)O)c1nnc2n1CCC2. The van der Waals surface area contributed by atoms with Gasteiger partial charge in [0, 0.05) is 26.6 Å². The molecule has 0 aliphatic carbocycles. The summed E-state index contributed by atoms with van der Waals surface area (Å²) in [6.07, 6.45) is 1.59. The molecule has 1 aromatic heterocycles. The molecule has 1 unspecified atom stereocenters. The van der Waals surface area contributed by atoms with E-state index >= 15 is 0 Å². The van der Waals surface area contributed by atoms with Crippen molar-refractivity contribution in [1.82, 2.24) is 23.8 Å². The molecule has 21 heavy (non-hydrogen) atoms. The van der Waals surface area contributed by atoms with Crippen molar-refractivity contribution in [1.29, 1.82) is 0 Å². The van der Waals surface area contributed by atoms with Crippen molar-refractivity contribution in [2.45, 2.75) is 38.8 Å². The van der Waals surface area contributed by atoms with Crippen molar-refractivity contribution in [3.8, 4) is 0 Å². The maximum atomic E-state index is 12.1. The molecule has 2 rings (SSSR count). The zero-order valence-corrected chi connectivity index (χ0v) is 12.8. The number of aryl methyl sites for hydroxylation is 1.